The molecule has 2 rings (SSSR count). The summed E-state index contributed by atoms with van der Waals surface area (Å²) in [4.78, 5) is 10.8. The molecule has 1 heterocycles. The Kier molecular flexibility index (Phi) is 3.24. The fourth-order valence-electron chi connectivity index (χ4n) is 1.36. The van der Waals surface area contributed by atoms with Gasteiger partial charge in [0.05, 0.1) is 15.7 Å². The highest BCUT2D eigenvalue weighted by atomic mass is 35.5. The number of nitrogen functional groups attached to an aromatic ring is 1. The van der Waals surface area contributed by atoms with E-state index in [4.69, 9.17) is 34.0 Å². The molecule has 0 unspecified atom stereocenters. The molecule has 1 aromatic carbocycles. The van der Waals surface area contributed by atoms with E-state index in [9.17, 15) is 4.79 Å². The second kappa shape index (κ2) is 4.52. The summed E-state index contributed by atoms with van der Waals surface area (Å²) in [5.74, 6) is -1.12. The predicted octanol–water partition coefficient (Wildman–Crippen LogP) is 3.40. The number of rotatable bonds is 2. The van der Waals surface area contributed by atoms with Crippen LogP contribution in [-0.2, 0) is 0 Å². The summed E-state index contributed by atoms with van der Waals surface area (Å²) in [6, 6.07) is 4.97. The van der Waals surface area contributed by atoms with Crippen LogP contribution in [0.3, 0.4) is 0 Å². The summed E-state index contributed by atoms with van der Waals surface area (Å²) in [6.45, 7) is 0. The average Bonchev–Trinajstić information content (AvgIpc) is 2.61. The molecular formula is C10H6Cl2N2O2S. The van der Waals surface area contributed by atoms with E-state index in [1.54, 1.807) is 18.2 Å². The molecule has 1 aromatic heterocycles. The zero-order valence-corrected chi connectivity index (χ0v) is 10.6. The first-order chi connectivity index (χ1) is 8.02. The van der Waals surface area contributed by atoms with Gasteiger partial charge in [0, 0.05) is 5.56 Å². The van der Waals surface area contributed by atoms with Crippen molar-refractivity contribution in [3.05, 3.63) is 33.1 Å². The van der Waals surface area contributed by atoms with Crippen LogP contribution in [0, 0.1) is 0 Å². The van der Waals surface area contributed by atoms with E-state index in [1.807, 2.05) is 0 Å². The highest BCUT2D eigenvalue weighted by Crippen LogP contribution is 2.39. The van der Waals surface area contributed by atoms with Crippen LogP contribution in [0.1, 0.15) is 9.67 Å². The molecule has 0 aliphatic carbocycles. The Morgan fingerprint density at radius 1 is 1.35 bits per heavy atom. The Bertz CT molecular complexity index is 578. The number of halogens is 2. The number of benzene rings is 1. The third-order valence-electron chi connectivity index (χ3n) is 2.12. The maximum Gasteiger partial charge on any atom is 0.349 e. The first-order valence-corrected chi connectivity index (χ1v) is 5.98. The lowest BCUT2D eigenvalue weighted by Gasteiger charge is -2.04. The maximum atomic E-state index is 10.9. The molecule has 0 amide bonds. The zero-order valence-electron chi connectivity index (χ0n) is 8.28. The van der Waals surface area contributed by atoms with Crippen LogP contribution in [0.15, 0.2) is 18.2 Å². The Balaban J connectivity index is 2.66. The highest BCUT2D eigenvalue weighted by molar-refractivity contribution is 7.09. The van der Waals surface area contributed by atoms with E-state index >= 15 is 0 Å². The minimum absolute atomic E-state index is 0.0176. The van der Waals surface area contributed by atoms with Crippen molar-refractivity contribution < 1.29 is 9.90 Å². The molecule has 0 radical (unpaired) electrons. The molecule has 17 heavy (non-hydrogen) atoms. The number of hydrogen-bond donors (Lipinski definition) is 2. The molecule has 0 spiro atoms. The van der Waals surface area contributed by atoms with Gasteiger partial charge in [0.25, 0.3) is 0 Å². The topological polar surface area (TPSA) is 76.2 Å². The first-order valence-electron chi connectivity index (χ1n) is 4.45. The molecule has 0 aliphatic heterocycles. The SMILES string of the molecule is Nc1c(-c2c(Cl)cccc2Cl)nsc1C(=O)O. The minimum atomic E-state index is -1.12. The Labute approximate surface area is 111 Å². The van der Waals surface area contributed by atoms with Gasteiger partial charge in [-0.1, -0.05) is 29.3 Å². The van der Waals surface area contributed by atoms with Crippen LogP contribution in [0.25, 0.3) is 11.3 Å². The molecule has 0 saturated heterocycles. The Morgan fingerprint density at radius 2 is 1.94 bits per heavy atom. The number of carbonyl (C=O) groups is 1. The lowest BCUT2D eigenvalue weighted by Crippen LogP contribution is -1.98. The number of carboxylic acids is 1. The molecule has 0 saturated carbocycles. The monoisotopic (exact) mass is 288 g/mol. The van der Waals surface area contributed by atoms with Gasteiger partial charge in [-0.15, -0.1) is 0 Å². The van der Waals surface area contributed by atoms with Gasteiger partial charge in [0.2, 0.25) is 0 Å². The van der Waals surface area contributed by atoms with E-state index in [0.29, 0.717) is 21.3 Å². The van der Waals surface area contributed by atoms with E-state index in [1.165, 1.54) is 0 Å². The smallest absolute Gasteiger partial charge is 0.349 e. The van der Waals surface area contributed by atoms with E-state index in [0.717, 1.165) is 11.5 Å². The number of aromatic nitrogens is 1. The summed E-state index contributed by atoms with van der Waals surface area (Å²) < 4.78 is 4.00. The average molecular weight is 289 g/mol. The van der Waals surface area contributed by atoms with Crippen LogP contribution >= 0.6 is 34.7 Å². The number of aromatic carboxylic acids is 1. The van der Waals surface area contributed by atoms with Crippen molar-refractivity contribution in [2.24, 2.45) is 0 Å². The van der Waals surface area contributed by atoms with Crippen LogP contribution < -0.4 is 5.73 Å². The number of anilines is 1. The van der Waals surface area contributed by atoms with Gasteiger partial charge in [-0.25, -0.2) is 4.79 Å². The predicted molar refractivity (Wildman–Crippen MR) is 68.9 cm³/mol. The van der Waals surface area contributed by atoms with Crippen LogP contribution in [0.5, 0.6) is 0 Å². The summed E-state index contributed by atoms with van der Waals surface area (Å²) in [5.41, 5.74) is 6.57. The summed E-state index contributed by atoms with van der Waals surface area (Å²) in [6.07, 6.45) is 0. The molecule has 7 heteroatoms. The number of carboxylic acid groups (broad SMARTS) is 1. The lowest BCUT2D eigenvalue weighted by molar-refractivity contribution is 0.0703. The summed E-state index contributed by atoms with van der Waals surface area (Å²) in [5, 5.41) is 9.65. The number of nitrogens with two attached hydrogens (primary N) is 1. The minimum Gasteiger partial charge on any atom is -0.477 e. The molecule has 3 N–H and O–H groups in total. The largest absolute Gasteiger partial charge is 0.477 e. The highest BCUT2D eigenvalue weighted by Gasteiger charge is 2.20. The Morgan fingerprint density at radius 3 is 2.41 bits per heavy atom. The van der Waals surface area contributed by atoms with Crippen molar-refractivity contribution in [3.63, 3.8) is 0 Å². The van der Waals surface area contributed by atoms with Crippen molar-refractivity contribution in [1.29, 1.82) is 0 Å². The molecule has 0 atom stereocenters. The van der Waals surface area contributed by atoms with Crippen molar-refractivity contribution in [2.75, 3.05) is 5.73 Å². The zero-order chi connectivity index (χ0) is 12.6. The van der Waals surface area contributed by atoms with Crippen molar-refractivity contribution >= 4 is 46.4 Å². The van der Waals surface area contributed by atoms with Gasteiger partial charge >= 0.3 is 5.97 Å². The summed E-state index contributed by atoms with van der Waals surface area (Å²) in [7, 11) is 0. The molecule has 0 aliphatic rings. The molecular weight excluding hydrogens is 283 g/mol. The van der Waals surface area contributed by atoms with Gasteiger partial charge in [-0.05, 0) is 23.7 Å². The van der Waals surface area contributed by atoms with E-state index in [-0.39, 0.29) is 10.6 Å². The second-order valence-corrected chi connectivity index (χ2v) is 4.76. The molecule has 0 fully saturated rings. The quantitative estimate of drug-likeness (QED) is 0.888. The lowest BCUT2D eigenvalue weighted by atomic mass is 10.1. The number of hydrogen-bond acceptors (Lipinski definition) is 4. The third-order valence-corrected chi connectivity index (χ3v) is 3.60. The fourth-order valence-corrected chi connectivity index (χ4v) is 2.58. The fraction of sp³-hybridized carbons (Fsp3) is 0. The van der Waals surface area contributed by atoms with Crippen LogP contribution in [-0.4, -0.2) is 15.4 Å². The van der Waals surface area contributed by atoms with Gasteiger partial charge in [-0.2, -0.15) is 4.37 Å². The molecule has 0 bridgehead atoms. The van der Waals surface area contributed by atoms with E-state index in [2.05, 4.69) is 4.37 Å². The standard InChI is InChI=1S/C10H6Cl2N2O2S/c11-4-2-1-3-5(12)6(4)8-7(13)9(10(15)16)17-14-8/h1-3H,13H2,(H,15,16). The maximum absolute atomic E-state index is 10.9. The van der Waals surface area contributed by atoms with Crippen molar-refractivity contribution in [2.45, 2.75) is 0 Å². The van der Waals surface area contributed by atoms with Gasteiger partial charge < -0.3 is 10.8 Å². The van der Waals surface area contributed by atoms with Crippen molar-refractivity contribution in [1.82, 2.24) is 4.37 Å². The molecule has 88 valence electrons. The van der Waals surface area contributed by atoms with Gasteiger partial charge in [0.15, 0.2) is 4.88 Å². The normalized spacial score (nSPS) is 10.5. The summed E-state index contributed by atoms with van der Waals surface area (Å²) >= 11 is 12.8. The molecule has 4 nitrogen and oxygen atoms in total. The van der Waals surface area contributed by atoms with Gasteiger partial charge in [0.1, 0.15) is 5.69 Å². The Hall–Kier alpha value is -1.30. The van der Waals surface area contributed by atoms with Crippen LogP contribution in [0.2, 0.25) is 10.0 Å². The van der Waals surface area contributed by atoms with E-state index < -0.39 is 5.97 Å². The second-order valence-electron chi connectivity index (χ2n) is 3.18. The van der Waals surface area contributed by atoms with Crippen molar-refractivity contribution in [3.8, 4) is 11.3 Å². The number of nitrogens with zero attached hydrogens (tertiary/aromatic N) is 1. The van der Waals surface area contributed by atoms with Gasteiger partial charge in [-0.3, -0.25) is 0 Å². The first kappa shape index (κ1) is 12.2. The van der Waals surface area contributed by atoms with Crippen LogP contribution in [0.4, 0.5) is 5.69 Å². The molecule has 2 aromatic rings. The third kappa shape index (κ3) is 2.09.